The molecule has 4 atom stereocenters. The Labute approximate surface area is 137 Å². The van der Waals surface area contributed by atoms with E-state index < -0.39 is 29.9 Å². The van der Waals surface area contributed by atoms with Gasteiger partial charge in [0.2, 0.25) is 5.91 Å². The predicted octanol–water partition coefficient (Wildman–Crippen LogP) is 0.922. The fourth-order valence-electron chi connectivity index (χ4n) is 3.32. The first-order valence-electron chi connectivity index (χ1n) is 8.17. The van der Waals surface area contributed by atoms with E-state index in [0.717, 1.165) is 12.8 Å². The highest BCUT2D eigenvalue weighted by molar-refractivity contribution is 5.79. The molecule has 0 aromatic rings. The normalized spacial score (nSPS) is 25.2. The molecule has 0 saturated carbocycles. The van der Waals surface area contributed by atoms with Crippen LogP contribution in [0, 0.1) is 11.8 Å². The van der Waals surface area contributed by atoms with Gasteiger partial charge < -0.3 is 15.2 Å². The van der Waals surface area contributed by atoms with Gasteiger partial charge in [-0.25, -0.2) is 0 Å². The van der Waals surface area contributed by atoms with Crippen molar-refractivity contribution in [1.29, 1.82) is 0 Å². The van der Waals surface area contributed by atoms with Gasteiger partial charge in [-0.15, -0.1) is 0 Å². The molecular weight excluding hydrogens is 300 g/mol. The van der Waals surface area contributed by atoms with Crippen molar-refractivity contribution in [3.8, 4) is 0 Å². The molecule has 0 bridgehead atoms. The Balaban J connectivity index is 3.00. The van der Waals surface area contributed by atoms with E-state index >= 15 is 0 Å². The van der Waals surface area contributed by atoms with Gasteiger partial charge in [-0.2, -0.15) is 0 Å². The molecule has 1 saturated heterocycles. The molecule has 0 aromatic carbocycles. The minimum absolute atomic E-state index is 0.172. The summed E-state index contributed by atoms with van der Waals surface area (Å²) in [7, 11) is 1.29. The quantitative estimate of drug-likeness (QED) is 0.572. The minimum atomic E-state index is -0.995. The number of nitrogens with one attached hydrogen (secondary N) is 2. The second kappa shape index (κ2) is 8.86. The van der Waals surface area contributed by atoms with Gasteiger partial charge >= 0.3 is 11.9 Å². The molecule has 1 fully saturated rings. The molecular formula is C16H28N2O5. The van der Waals surface area contributed by atoms with Crippen molar-refractivity contribution in [1.82, 2.24) is 10.6 Å². The standard InChI is InChI=1S/C16H28N2O5/c1-5-10(6-2)7-12(17-9(3)19)14-11(16(22)23-4)8-13(18-14)15(20)21/h10-14,18H,5-8H2,1-4H3,(H,17,19)(H,20,21)/t11-,12+,13-,14-/m1/s1. The first kappa shape index (κ1) is 19.4. The lowest BCUT2D eigenvalue weighted by Gasteiger charge is -2.30. The molecule has 0 radical (unpaired) electrons. The molecule has 0 spiro atoms. The summed E-state index contributed by atoms with van der Waals surface area (Å²) in [5, 5.41) is 15.1. The van der Waals surface area contributed by atoms with Crippen LogP contribution in [0.4, 0.5) is 0 Å². The van der Waals surface area contributed by atoms with Gasteiger partial charge in [-0.05, 0) is 18.8 Å². The fourth-order valence-corrected chi connectivity index (χ4v) is 3.32. The first-order chi connectivity index (χ1) is 10.8. The molecule has 1 amide bonds. The number of carbonyl (C=O) groups is 3. The number of carboxylic acid groups (broad SMARTS) is 1. The maximum Gasteiger partial charge on any atom is 0.320 e. The van der Waals surface area contributed by atoms with Crippen LogP contribution in [0.25, 0.3) is 0 Å². The van der Waals surface area contributed by atoms with Crippen molar-refractivity contribution in [2.75, 3.05) is 7.11 Å². The zero-order valence-electron chi connectivity index (χ0n) is 14.3. The van der Waals surface area contributed by atoms with E-state index in [-0.39, 0.29) is 18.4 Å². The van der Waals surface area contributed by atoms with Crippen LogP contribution in [-0.2, 0) is 19.1 Å². The summed E-state index contributed by atoms with van der Waals surface area (Å²) < 4.78 is 4.82. The number of carboxylic acids is 1. The third-order valence-corrected chi connectivity index (χ3v) is 4.68. The largest absolute Gasteiger partial charge is 0.480 e. The third-order valence-electron chi connectivity index (χ3n) is 4.68. The number of hydrogen-bond donors (Lipinski definition) is 3. The Hall–Kier alpha value is -1.63. The third kappa shape index (κ3) is 5.20. The van der Waals surface area contributed by atoms with E-state index in [1.54, 1.807) is 0 Å². The number of hydrogen-bond acceptors (Lipinski definition) is 5. The maximum atomic E-state index is 12.0. The Bertz CT molecular complexity index is 436. The van der Waals surface area contributed by atoms with Gasteiger partial charge in [0.1, 0.15) is 6.04 Å². The summed E-state index contributed by atoms with van der Waals surface area (Å²) >= 11 is 0. The van der Waals surface area contributed by atoms with Gasteiger partial charge in [0, 0.05) is 19.0 Å². The van der Waals surface area contributed by atoms with Crippen LogP contribution >= 0.6 is 0 Å². The van der Waals surface area contributed by atoms with Crippen LogP contribution in [0.5, 0.6) is 0 Å². The Morgan fingerprint density at radius 3 is 2.35 bits per heavy atom. The van der Waals surface area contributed by atoms with Crippen LogP contribution in [-0.4, -0.2) is 48.2 Å². The summed E-state index contributed by atoms with van der Waals surface area (Å²) in [6.07, 6.45) is 2.80. The molecule has 0 aliphatic carbocycles. The molecule has 1 rings (SSSR count). The monoisotopic (exact) mass is 328 g/mol. The maximum absolute atomic E-state index is 12.0. The molecule has 7 nitrogen and oxygen atoms in total. The van der Waals surface area contributed by atoms with Crippen molar-refractivity contribution in [2.45, 2.75) is 64.6 Å². The highest BCUT2D eigenvalue weighted by Crippen LogP contribution is 2.28. The van der Waals surface area contributed by atoms with Crippen molar-refractivity contribution in [3.05, 3.63) is 0 Å². The van der Waals surface area contributed by atoms with Crippen LogP contribution in [0.2, 0.25) is 0 Å². The molecule has 7 heteroatoms. The van der Waals surface area contributed by atoms with E-state index in [2.05, 4.69) is 24.5 Å². The number of rotatable bonds is 8. The van der Waals surface area contributed by atoms with Crippen molar-refractivity contribution >= 4 is 17.8 Å². The fraction of sp³-hybridized carbons (Fsp3) is 0.812. The molecule has 0 unspecified atom stereocenters. The molecule has 1 aliphatic heterocycles. The van der Waals surface area contributed by atoms with Gasteiger partial charge in [0.15, 0.2) is 0 Å². The molecule has 23 heavy (non-hydrogen) atoms. The number of methoxy groups -OCH3 is 1. The topological polar surface area (TPSA) is 105 Å². The SMILES string of the molecule is CCC(CC)C[C@H](NC(C)=O)[C@@H]1N[C@@H](C(=O)O)C[C@H]1C(=O)OC. The highest BCUT2D eigenvalue weighted by atomic mass is 16.5. The summed E-state index contributed by atoms with van der Waals surface area (Å²) in [6.45, 7) is 5.59. The lowest BCUT2D eigenvalue weighted by molar-refractivity contribution is -0.146. The van der Waals surface area contributed by atoms with Gasteiger partial charge in [0.25, 0.3) is 0 Å². The van der Waals surface area contributed by atoms with Crippen molar-refractivity contribution in [3.63, 3.8) is 0 Å². The summed E-state index contributed by atoms with van der Waals surface area (Å²) in [5.74, 6) is -1.80. The number of amides is 1. The van der Waals surface area contributed by atoms with Gasteiger partial charge in [-0.3, -0.25) is 19.7 Å². The van der Waals surface area contributed by atoms with Crippen LogP contribution in [0.1, 0.15) is 46.5 Å². The second-order valence-electron chi connectivity index (χ2n) is 6.17. The molecule has 0 aromatic heterocycles. The lowest BCUT2D eigenvalue weighted by atomic mass is 9.86. The van der Waals surface area contributed by atoms with E-state index in [9.17, 15) is 19.5 Å². The minimum Gasteiger partial charge on any atom is -0.480 e. The zero-order valence-corrected chi connectivity index (χ0v) is 14.3. The second-order valence-corrected chi connectivity index (χ2v) is 6.17. The van der Waals surface area contributed by atoms with Crippen LogP contribution < -0.4 is 10.6 Å². The Kier molecular flexibility index (Phi) is 7.48. The highest BCUT2D eigenvalue weighted by Gasteiger charge is 2.45. The van der Waals surface area contributed by atoms with Gasteiger partial charge in [-0.1, -0.05) is 26.7 Å². The average Bonchev–Trinajstić information content (AvgIpc) is 2.95. The smallest absolute Gasteiger partial charge is 0.320 e. The Morgan fingerprint density at radius 2 is 1.91 bits per heavy atom. The number of ether oxygens (including phenoxy) is 1. The Morgan fingerprint density at radius 1 is 1.30 bits per heavy atom. The zero-order chi connectivity index (χ0) is 17.6. The van der Waals surface area contributed by atoms with E-state index in [4.69, 9.17) is 4.74 Å². The number of aliphatic carboxylic acids is 1. The molecule has 132 valence electrons. The van der Waals surface area contributed by atoms with Crippen LogP contribution in [0.3, 0.4) is 0 Å². The lowest BCUT2D eigenvalue weighted by Crippen LogP contribution is -2.53. The molecule has 3 N–H and O–H groups in total. The summed E-state index contributed by atoms with van der Waals surface area (Å²) in [4.78, 5) is 34.9. The van der Waals surface area contributed by atoms with E-state index in [1.807, 2.05) is 0 Å². The predicted molar refractivity (Wildman–Crippen MR) is 84.8 cm³/mol. The summed E-state index contributed by atoms with van der Waals surface area (Å²) in [6, 6.07) is -1.54. The van der Waals surface area contributed by atoms with Crippen molar-refractivity contribution < 1.29 is 24.2 Å². The average molecular weight is 328 g/mol. The summed E-state index contributed by atoms with van der Waals surface area (Å²) in [5.41, 5.74) is 0. The molecule has 1 heterocycles. The number of esters is 1. The van der Waals surface area contributed by atoms with Gasteiger partial charge in [0.05, 0.1) is 13.0 Å². The first-order valence-corrected chi connectivity index (χ1v) is 8.17. The van der Waals surface area contributed by atoms with Crippen molar-refractivity contribution in [2.24, 2.45) is 11.8 Å². The van der Waals surface area contributed by atoms with E-state index in [0.29, 0.717) is 12.3 Å². The molecule has 1 aliphatic rings. The van der Waals surface area contributed by atoms with E-state index in [1.165, 1.54) is 14.0 Å². The number of carbonyl (C=O) groups excluding carboxylic acids is 2. The van der Waals surface area contributed by atoms with Crippen LogP contribution in [0.15, 0.2) is 0 Å².